The third kappa shape index (κ3) is 2.88. The van der Waals surface area contributed by atoms with Gasteiger partial charge in [0.25, 0.3) is 0 Å². The smallest absolute Gasteiger partial charge is 0.332 e. The van der Waals surface area contributed by atoms with E-state index in [0.29, 0.717) is 6.54 Å². The molecule has 0 aliphatic heterocycles. The monoisotopic (exact) mass is 295 g/mol. The fraction of sp³-hybridized carbons (Fsp3) is 0.667. The minimum Gasteiger partial charge on any atom is -0.362 e. The fourth-order valence-corrected chi connectivity index (χ4v) is 2.59. The number of likely N-dealkylation sites (N-methyl/N-ethyl adjacent to an activating group) is 1. The highest BCUT2D eigenvalue weighted by molar-refractivity contribution is 5.60. The van der Waals surface area contributed by atoms with Crippen LogP contribution in [0.5, 0.6) is 0 Å². The Hall–Kier alpha value is -2.00. The molecule has 1 heterocycles. The number of nitrogens with two attached hydrogens (primary N) is 1. The molecule has 1 aliphatic carbocycles. The number of hydrazine groups is 1. The number of rotatable bonds is 6. The normalized spacial score (nSPS) is 16.4. The molecule has 0 radical (unpaired) electrons. The van der Waals surface area contributed by atoms with E-state index in [1.54, 1.807) is 6.92 Å². The van der Waals surface area contributed by atoms with Crippen molar-refractivity contribution in [2.45, 2.75) is 31.7 Å². The number of hydrogen-bond donors (Lipinski definition) is 3. The summed E-state index contributed by atoms with van der Waals surface area (Å²) >= 11 is 0. The summed E-state index contributed by atoms with van der Waals surface area (Å²) in [6, 6.07) is 0. The van der Waals surface area contributed by atoms with Crippen LogP contribution in [0.4, 0.5) is 17.5 Å². The zero-order chi connectivity index (χ0) is 15.6. The zero-order valence-electron chi connectivity index (χ0n) is 12.5. The van der Waals surface area contributed by atoms with Gasteiger partial charge in [-0.15, -0.1) is 0 Å². The SMILES string of the molecule is Cc1nc(NN)nc(NCC2(N(C)C)CCC2)c1[N+](=O)[O-]. The Bertz CT molecular complexity index is 543. The van der Waals surface area contributed by atoms with Crippen LogP contribution < -0.4 is 16.6 Å². The quantitative estimate of drug-likeness (QED) is 0.401. The van der Waals surface area contributed by atoms with Crippen LogP contribution in [-0.4, -0.2) is 46.0 Å². The molecular weight excluding hydrogens is 274 g/mol. The Morgan fingerprint density at radius 2 is 2.10 bits per heavy atom. The summed E-state index contributed by atoms with van der Waals surface area (Å²) in [7, 11) is 4.04. The van der Waals surface area contributed by atoms with Crippen molar-refractivity contribution in [3.05, 3.63) is 15.8 Å². The van der Waals surface area contributed by atoms with Crippen molar-refractivity contribution in [2.24, 2.45) is 5.84 Å². The lowest BCUT2D eigenvalue weighted by Crippen LogP contribution is -2.54. The molecule has 0 aromatic carbocycles. The van der Waals surface area contributed by atoms with E-state index >= 15 is 0 Å². The van der Waals surface area contributed by atoms with E-state index in [1.165, 1.54) is 6.42 Å². The lowest BCUT2D eigenvalue weighted by molar-refractivity contribution is -0.385. The number of nitrogen functional groups attached to an aromatic ring is 1. The molecule has 0 atom stereocenters. The summed E-state index contributed by atoms with van der Waals surface area (Å²) in [6.07, 6.45) is 3.29. The van der Waals surface area contributed by atoms with Crippen LogP contribution in [0, 0.1) is 17.0 Å². The van der Waals surface area contributed by atoms with E-state index in [9.17, 15) is 10.1 Å². The molecule has 0 unspecified atom stereocenters. The van der Waals surface area contributed by atoms with Gasteiger partial charge in [0.15, 0.2) is 0 Å². The molecule has 1 aromatic heterocycles. The summed E-state index contributed by atoms with van der Waals surface area (Å²) in [5.74, 6) is 5.66. The molecule has 0 saturated heterocycles. The van der Waals surface area contributed by atoms with Crippen molar-refractivity contribution in [3.63, 3.8) is 0 Å². The second-order valence-electron chi connectivity index (χ2n) is 5.56. The van der Waals surface area contributed by atoms with Crippen molar-refractivity contribution < 1.29 is 4.92 Å². The highest BCUT2D eigenvalue weighted by atomic mass is 16.6. The summed E-state index contributed by atoms with van der Waals surface area (Å²) in [5.41, 5.74) is 2.52. The Morgan fingerprint density at radius 3 is 2.52 bits per heavy atom. The van der Waals surface area contributed by atoms with Crippen LogP contribution in [0.25, 0.3) is 0 Å². The Labute approximate surface area is 123 Å². The minimum atomic E-state index is -0.471. The van der Waals surface area contributed by atoms with Crippen LogP contribution in [0.1, 0.15) is 25.0 Å². The fourth-order valence-electron chi connectivity index (χ4n) is 2.59. The first-order valence-electron chi connectivity index (χ1n) is 6.80. The number of aryl methyl sites for hydroxylation is 1. The lowest BCUT2D eigenvalue weighted by atomic mass is 9.75. The molecule has 21 heavy (non-hydrogen) atoms. The summed E-state index contributed by atoms with van der Waals surface area (Å²) in [5, 5.41) is 14.3. The molecule has 9 nitrogen and oxygen atoms in total. The molecule has 1 aromatic rings. The average Bonchev–Trinajstić information content (AvgIpc) is 2.35. The Morgan fingerprint density at radius 1 is 1.43 bits per heavy atom. The third-order valence-corrected chi connectivity index (χ3v) is 4.19. The van der Waals surface area contributed by atoms with Crippen LogP contribution in [0.15, 0.2) is 0 Å². The lowest BCUT2D eigenvalue weighted by Gasteiger charge is -2.47. The predicted octanol–water partition coefficient (Wildman–Crippen LogP) is 0.875. The second kappa shape index (κ2) is 5.78. The molecule has 1 saturated carbocycles. The first kappa shape index (κ1) is 15.4. The van der Waals surface area contributed by atoms with Gasteiger partial charge in [-0.1, -0.05) is 0 Å². The molecule has 1 fully saturated rings. The maximum absolute atomic E-state index is 11.2. The van der Waals surface area contributed by atoms with Crippen molar-refractivity contribution in [2.75, 3.05) is 31.4 Å². The van der Waals surface area contributed by atoms with Gasteiger partial charge in [-0.05, 0) is 40.3 Å². The second-order valence-corrected chi connectivity index (χ2v) is 5.56. The molecule has 0 bridgehead atoms. The van der Waals surface area contributed by atoms with Crippen molar-refractivity contribution in [1.29, 1.82) is 0 Å². The van der Waals surface area contributed by atoms with Gasteiger partial charge in [0.05, 0.1) is 4.92 Å². The van der Waals surface area contributed by atoms with E-state index in [0.717, 1.165) is 12.8 Å². The predicted molar refractivity (Wildman–Crippen MR) is 80.0 cm³/mol. The van der Waals surface area contributed by atoms with E-state index in [4.69, 9.17) is 5.84 Å². The number of anilines is 2. The van der Waals surface area contributed by atoms with Gasteiger partial charge in [0.1, 0.15) is 5.69 Å². The zero-order valence-corrected chi connectivity index (χ0v) is 12.5. The molecule has 1 aliphatic rings. The van der Waals surface area contributed by atoms with Crippen LogP contribution in [0.3, 0.4) is 0 Å². The summed E-state index contributed by atoms with van der Waals surface area (Å²) in [4.78, 5) is 20.9. The Kier molecular flexibility index (Phi) is 4.24. The van der Waals surface area contributed by atoms with E-state index in [-0.39, 0.29) is 28.7 Å². The molecule has 4 N–H and O–H groups in total. The van der Waals surface area contributed by atoms with Crippen molar-refractivity contribution in [1.82, 2.24) is 14.9 Å². The first-order chi connectivity index (χ1) is 9.89. The maximum atomic E-state index is 11.2. The highest BCUT2D eigenvalue weighted by Gasteiger charge is 2.39. The third-order valence-electron chi connectivity index (χ3n) is 4.19. The molecular formula is C12H21N7O2. The number of nitrogens with zero attached hydrogens (tertiary/aromatic N) is 4. The largest absolute Gasteiger partial charge is 0.362 e. The van der Waals surface area contributed by atoms with Crippen LogP contribution >= 0.6 is 0 Å². The molecule has 2 rings (SSSR count). The number of hydrogen-bond acceptors (Lipinski definition) is 8. The standard InChI is InChI=1S/C12H21N7O2/c1-8-9(19(20)21)10(16-11(15-8)17-13)14-7-12(18(2)3)5-4-6-12/h4-7,13H2,1-3H3,(H2,14,15,16,17). The number of nitrogens with one attached hydrogen (secondary N) is 2. The van der Waals surface area contributed by atoms with Crippen LogP contribution in [-0.2, 0) is 0 Å². The van der Waals surface area contributed by atoms with E-state index in [1.807, 2.05) is 14.1 Å². The van der Waals surface area contributed by atoms with Gasteiger partial charge in [-0.2, -0.15) is 4.98 Å². The van der Waals surface area contributed by atoms with Gasteiger partial charge >= 0.3 is 5.69 Å². The van der Waals surface area contributed by atoms with Crippen molar-refractivity contribution in [3.8, 4) is 0 Å². The molecule has 116 valence electrons. The Balaban J connectivity index is 2.26. The van der Waals surface area contributed by atoms with Gasteiger partial charge in [0, 0.05) is 12.1 Å². The molecule has 0 spiro atoms. The summed E-state index contributed by atoms with van der Waals surface area (Å²) in [6.45, 7) is 2.16. The van der Waals surface area contributed by atoms with Gasteiger partial charge in [-0.3, -0.25) is 15.5 Å². The summed E-state index contributed by atoms with van der Waals surface area (Å²) < 4.78 is 0. The minimum absolute atomic E-state index is 0.0308. The molecule has 0 amide bonds. The van der Waals surface area contributed by atoms with Gasteiger partial charge in [0.2, 0.25) is 11.8 Å². The van der Waals surface area contributed by atoms with E-state index in [2.05, 4.69) is 25.6 Å². The topological polar surface area (TPSA) is 122 Å². The molecule has 9 heteroatoms. The van der Waals surface area contributed by atoms with Crippen LogP contribution in [0.2, 0.25) is 0 Å². The highest BCUT2D eigenvalue weighted by Crippen LogP contribution is 2.37. The van der Waals surface area contributed by atoms with Crippen molar-refractivity contribution >= 4 is 17.5 Å². The van der Waals surface area contributed by atoms with Gasteiger partial charge in [-0.25, -0.2) is 10.8 Å². The van der Waals surface area contributed by atoms with E-state index < -0.39 is 4.92 Å². The average molecular weight is 295 g/mol. The number of nitro groups is 1. The maximum Gasteiger partial charge on any atom is 0.332 e. The van der Waals surface area contributed by atoms with Gasteiger partial charge < -0.3 is 10.2 Å². The number of aromatic nitrogens is 2. The first-order valence-corrected chi connectivity index (χ1v) is 6.80.